The molecule has 0 atom stereocenters. The molecule has 1 aliphatic rings. The molecule has 0 aliphatic heterocycles. The molecule has 0 bridgehead atoms. The lowest BCUT2D eigenvalue weighted by molar-refractivity contribution is -0.117. The smallest absolute Gasteiger partial charge is 0.221 e. The molecule has 4 rings (SSSR count). The lowest BCUT2D eigenvalue weighted by atomic mass is 10.0. The summed E-state index contributed by atoms with van der Waals surface area (Å²) in [5.41, 5.74) is 9.23. The topological polar surface area (TPSA) is 48.0 Å². The number of hydrogen-bond donors (Lipinski definition) is 1. The summed E-state index contributed by atoms with van der Waals surface area (Å²) in [6, 6.07) is 12.7. The third-order valence-electron chi connectivity index (χ3n) is 4.64. The van der Waals surface area contributed by atoms with Gasteiger partial charge < -0.3 is 10.3 Å². The van der Waals surface area contributed by atoms with Gasteiger partial charge in [0.25, 0.3) is 0 Å². The first-order chi connectivity index (χ1) is 11.6. The van der Waals surface area contributed by atoms with Crippen molar-refractivity contribution in [3.8, 4) is 11.1 Å². The van der Waals surface area contributed by atoms with Crippen LogP contribution in [-0.2, 0) is 17.8 Å². The summed E-state index contributed by atoms with van der Waals surface area (Å²) in [5, 5.41) is 1.02. The molecule has 1 saturated carbocycles. The van der Waals surface area contributed by atoms with E-state index in [1.807, 2.05) is 24.4 Å². The number of carbonyl (C=O) groups is 1. The molecular weight excluding hydrogens is 303 g/mol. The van der Waals surface area contributed by atoms with Crippen molar-refractivity contribution >= 4 is 16.8 Å². The van der Waals surface area contributed by atoms with Crippen LogP contribution in [0.25, 0.3) is 22.0 Å². The van der Waals surface area contributed by atoms with Crippen LogP contribution in [0.5, 0.6) is 0 Å². The molecule has 1 aliphatic carbocycles. The average Bonchev–Trinajstić information content (AvgIpc) is 3.30. The van der Waals surface area contributed by atoms with Crippen molar-refractivity contribution in [2.45, 2.75) is 25.8 Å². The van der Waals surface area contributed by atoms with Crippen molar-refractivity contribution in [1.82, 2.24) is 4.57 Å². The van der Waals surface area contributed by atoms with Crippen LogP contribution in [-0.4, -0.2) is 10.5 Å². The number of nitrogens with zero attached hydrogens (tertiary/aromatic N) is 1. The standard InChI is InChI=1S/C20H19FN2O/c21-17-3-1-2-14(8-17)15-6-7-19-18(9-15)16(10-20(22)24)12-23(19)11-13-4-5-13/h1-3,6-9,12-13H,4-5,10-11H2,(H2,22,24). The predicted octanol–water partition coefficient (Wildman–Crippen LogP) is 3.89. The molecule has 4 heteroatoms. The van der Waals surface area contributed by atoms with Crippen LogP contribution in [0.4, 0.5) is 4.39 Å². The largest absolute Gasteiger partial charge is 0.369 e. The molecule has 0 unspecified atom stereocenters. The minimum atomic E-state index is -0.336. The molecule has 3 aromatic rings. The molecule has 1 heterocycles. The normalized spacial score (nSPS) is 14.2. The Labute approximate surface area is 139 Å². The maximum Gasteiger partial charge on any atom is 0.221 e. The zero-order valence-electron chi connectivity index (χ0n) is 13.3. The van der Waals surface area contributed by atoms with E-state index in [4.69, 9.17) is 5.73 Å². The zero-order valence-corrected chi connectivity index (χ0v) is 13.3. The molecule has 3 nitrogen and oxygen atoms in total. The number of halogens is 1. The summed E-state index contributed by atoms with van der Waals surface area (Å²) >= 11 is 0. The van der Waals surface area contributed by atoms with E-state index in [9.17, 15) is 9.18 Å². The number of aromatic nitrogens is 1. The Kier molecular flexibility index (Phi) is 3.60. The molecule has 2 aromatic carbocycles. The zero-order chi connectivity index (χ0) is 16.7. The van der Waals surface area contributed by atoms with E-state index >= 15 is 0 Å². The Balaban J connectivity index is 1.82. The summed E-state index contributed by atoms with van der Waals surface area (Å²) in [4.78, 5) is 11.4. The number of nitrogens with two attached hydrogens (primary N) is 1. The molecular formula is C20H19FN2O. The van der Waals surface area contributed by atoms with Gasteiger partial charge in [-0.25, -0.2) is 4.39 Å². The van der Waals surface area contributed by atoms with Gasteiger partial charge in [-0.15, -0.1) is 0 Å². The van der Waals surface area contributed by atoms with Gasteiger partial charge in [-0.3, -0.25) is 4.79 Å². The Hall–Kier alpha value is -2.62. The van der Waals surface area contributed by atoms with Gasteiger partial charge in [-0.1, -0.05) is 18.2 Å². The van der Waals surface area contributed by atoms with Gasteiger partial charge in [0.05, 0.1) is 6.42 Å². The van der Waals surface area contributed by atoms with Crippen LogP contribution in [0.1, 0.15) is 18.4 Å². The Morgan fingerprint density at radius 1 is 1.17 bits per heavy atom. The van der Waals surface area contributed by atoms with Gasteiger partial charge in [-0.05, 0) is 59.7 Å². The number of hydrogen-bond acceptors (Lipinski definition) is 1. The second kappa shape index (κ2) is 5.78. The molecule has 122 valence electrons. The van der Waals surface area contributed by atoms with Crippen LogP contribution >= 0.6 is 0 Å². The molecule has 2 N–H and O–H groups in total. The number of amides is 1. The number of carbonyl (C=O) groups excluding carboxylic acids is 1. The fourth-order valence-electron chi connectivity index (χ4n) is 3.28. The lowest BCUT2D eigenvalue weighted by Crippen LogP contribution is -2.13. The monoisotopic (exact) mass is 322 g/mol. The van der Waals surface area contributed by atoms with Crippen molar-refractivity contribution in [3.63, 3.8) is 0 Å². The van der Waals surface area contributed by atoms with Crippen molar-refractivity contribution < 1.29 is 9.18 Å². The maximum atomic E-state index is 13.5. The first-order valence-electron chi connectivity index (χ1n) is 8.26. The van der Waals surface area contributed by atoms with E-state index in [0.29, 0.717) is 0 Å². The minimum absolute atomic E-state index is 0.223. The van der Waals surface area contributed by atoms with E-state index < -0.39 is 0 Å². The van der Waals surface area contributed by atoms with Crippen molar-refractivity contribution in [1.29, 1.82) is 0 Å². The highest BCUT2D eigenvalue weighted by Gasteiger charge is 2.23. The fraction of sp³-hybridized carbons (Fsp3) is 0.250. The third kappa shape index (κ3) is 2.92. The highest BCUT2D eigenvalue weighted by molar-refractivity contribution is 5.92. The lowest BCUT2D eigenvalue weighted by Gasteiger charge is -2.06. The number of primary amides is 1. The van der Waals surface area contributed by atoms with Crippen LogP contribution in [0.2, 0.25) is 0 Å². The summed E-state index contributed by atoms with van der Waals surface area (Å²) < 4.78 is 15.7. The van der Waals surface area contributed by atoms with Crippen LogP contribution in [0.3, 0.4) is 0 Å². The molecule has 0 radical (unpaired) electrons. The van der Waals surface area contributed by atoms with Crippen molar-refractivity contribution in [3.05, 3.63) is 60.0 Å². The first kappa shape index (κ1) is 14.9. The van der Waals surface area contributed by atoms with Gasteiger partial charge in [-0.2, -0.15) is 0 Å². The van der Waals surface area contributed by atoms with Gasteiger partial charge >= 0.3 is 0 Å². The molecule has 0 spiro atoms. The molecule has 1 aromatic heterocycles. The van der Waals surface area contributed by atoms with E-state index in [0.717, 1.165) is 40.1 Å². The van der Waals surface area contributed by atoms with Gasteiger partial charge in [0, 0.05) is 23.6 Å². The summed E-state index contributed by atoms with van der Waals surface area (Å²) in [6.45, 7) is 0.981. The molecule has 1 amide bonds. The second-order valence-corrected chi connectivity index (χ2v) is 6.64. The molecule has 1 fully saturated rings. The van der Waals surface area contributed by atoms with Crippen LogP contribution in [0.15, 0.2) is 48.7 Å². The van der Waals surface area contributed by atoms with Crippen LogP contribution in [0, 0.1) is 11.7 Å². The quantitative estimate of drug-likeness (QED) is 0.761. The van der Waals surface area contributed by atoms with E-state index in [-0.39, 0.29) is 18.1 Å². The van der Waals surface area contributed by atoms with E-state index in [2.05, 4.69) is 10.6 Å². The maximum absolute atomic E-state index is 13.5. The molecule has 0 saturated heterocycles. The fourth-order valence-corrected chi connectivity index (χ4v) is 3.28. The van der Waals surface area contributed by atoms with Crippen molar-refractivity contribution in [2.24, 2.45) is 11.7 Å². The number of benzene rings is 2. The molecule has 24 heavy (non-hydrogen) atoms. The number of fused-ring (bicyclic) bond motifs is 1. The van der Waals surface area contributed by atoms with Gasteiger partial charge in [0.15, 0.2) is 0 Å². The van der Waals surface area contributed by atoms with E-state index in [1.54, 1.807) is 6.07 Å². The Bertz CT molecular complexity index is 925. The Morgan fingerprint density at radius 3 is 2.67 bits per heavy atom. The third-order valence-corrected chi connectivity index (χ3v) is 4.64. The summed E-state index contributed by atoms with van der Waals surface area (Å²) in [7, 11) is 0. The number of rotatable bonds is 5. The predicted molar refractivity (Wildman–Crippen MR) is 93.0 cm³/mol. The van der Waals surface area contributed by atoms with Crippen LogP contribution < -0.4 is 5.73 Å². The van der Waals surface area contributed by atoms with Gasteiger partial charge in [0.2, 0.25) is 5.91 Å². The van der Waals surface area contributed by atoms with Gasteiger partial charge in [0.1, 0.15) is 5.82 Å². The second-order valence-electron chi connectivity index (χ2n) is 6.64. The van der Waals surface area contributed by atoms with Crippen molar-refractivity contribution in [2.75, 3.05) is 0 Å². The minimum Gasteiger partial charge on any atom is -0.369 e. The van der Waals surface area contributed by atoms with E-state index in [1.165, 1.54) is 25.0 Å². The summed E-state index contributed by atoms with van der Waals surface area (Å²) in [6.07, 6.45) is 4.81. The first-order valence-corrected chi connectivity index (χ1v) is 8.26. The SMILES string of the molecule is NC(=O)Cc1cn(CC2CC2)c2ccc(-c3cccc(F)c3)cc12. The Morgan fingerprint density at radius 2 is 1.96 bits per heavy atom. The average molecular weight is 322 g/mol. The highest BCUT2D eigenvalue weighted by Crippen LogP contribution is 2.34. The highest BCUT2D eigenvalue weighted by atomic mass is 19.1. The summed E-state index contributed by atoms with van der Waals surface area (Å²) in [5.74, 6) is 0.151.